The zero-order valence-electron chi connectivity index (χ0n) is 19.6. The molecule has 1 aliphatic carbocycles. The summed E-state index contributed by atoms with van der Waals surface area (Å²) in [7, 11) is 1.31. The van der Waals surface area contributed by atoms with Gasteiger partial charge < -0.3 is 19.4 Å². The minimum atomic E-state index is -0.511. The molecule has 5 rings (SSSR count). The highest BCUT2D eigenvalue weighted by atomic mass is 35.5. The molecule has 1 fully saturated rings. The second-order valence-corrected chi connectivity index (χ2v) is 8.99. The Morgan fingerprint density at radius 2 is 2.03 bits per heavy atom. The SMILES string of the molecule is COC(=O)c1ccc(F)c2c1C=C(N(CCCCc1c[nH]c3ccc(F)cc13)C1CCC1)CO2.Cl. The van der Waals surface area contributed by atoms with Crippen molar-refractivity contribution in [1.29, 1.82) is 0 Å². The maximum absolute atomic E-state index is 14.4. The molecule has 1 aliphatic heterocycles. The molecule has 35 heavy (non-hydrogen) atoms. The first-order chi connectivity index (χ1) is 16.5. The number of benzene rings is 2. The molecule has 1 saturated carbocycles. The third-order valence-electron chi connectivity index (χ3n) is 6.94. The standard InChI is InChI=1S/C27H28F2N2O3.ClH/c1-33-27(32)21-9-10-24(29)26-23(21)14-20(16-34-26)31(19-6-4-7-19)12-3-2-5-17-15-30-25-11-8-18(28)13-22(17)25;/h8-11,13-15,19,30H,2-7,12,16H2,1H3;1H. The van der Waals surface area contributed by atoms with Crippen molar-refractivity contribution in [2.24, 2.45) is 0 Å². The van der Waals surface area contributed by atoms with E-state index in [0.717, 1.165) is 60.8 Å². The Morgan fingerprint density at radius 1 is 1.20 bits per heavy atom. The van der Waals surface area contributed by atoms with Crippen LogP contribution in [0.1, 0.15) is 53.6 Å². The van der Waals surface area contributed by atoms with Crippen LogP contribution in [-0.4, -0.2) is 42.2 Å². The van der Waals surface area contributed by atoms with E-state index in [-0.39, 0.29) is 30.6 Å². The van der Waals surface area contributed by atoms with Gasteiger partial charge in [-0.3, -0.25) is 0 Å². The predicted octanol–water partition coefficient (Wildman–Crippen LogP) is 6.27. The molecule has 0 radical (unpaired) electrons. The number of fused-ring (bicyclic) bond motifs is 2. The number of nitrogens with zero attached hydrogens (tertiary/aromatic N) is 1. The van der Waals surface area contributed by atoms with E-state index >= 15 is 0 Å². The molecule has 0 spiro atoms. The smallest absolute Gasteiger partial charge is 0.338 e. The van der Waals surface area contributed by atoms with Crippen molar-refractivity contribution in [2.75, 3.05) is 20.3 Å². The molecule has 186 valence electrons. The van der Waals surface area contributed by atoms with E-state index in [9.17, 15) is 13.6 Å². The molecule has 0 bridgehead atoms. The first-order valence-corrected chi connectivity index (χ1v) is 11.8. The van der Waals surface area contributed by atoms with Crippen molar-refractivity contribution in [3.63, 3.8) is 0 Å². The summed E-state index contributed by atoms with van der Waals surface area (Å²) in [6.45, 7) is 1.11. The average Bonchev–Trinajstić information content (AvgIpc) is 3.21. The Bertz CT molecular complexity index is 1250. The maximum atomic E-state index is 14.4. The number of aromatic nitrogens is 1. The average molecular weight is 503 g/mol. The first-order valence-electron chi connectivity index (χ1n) is 11.8. The van der Waals surface area contributed by atoms with Gasteiger partial charge in [0.2, 0.25) is 0 Å². The molecule has 2 aromatic carbocycles. The first kappa shape index (κ1) is 25.0. The number of aryl methyl sites for hydroxylation is 1. The van der Waals surface area contributed by atoms with E-state index in [2.05, 4.69) is 9.88 Å². The number of aromatic amines is 1. The number of H-pyrrole nitrogens is 1. The van der Waals surface area contributed by atoms with E-state index in [1.54, 1.807) is 12.1 Å². The monoisotopic (exact) mass is 502 g/mol. The Kier molecular flexibility index (Phi) is 7.65. The molecular weight excluding hydrogens is 474 g/mol. The van der Waals surface area contributed by atoms with Gasteiger partial charge in [0, 0.05) is 35.2 Å². The van der Waals surface area contributed by atoms with E-state index in [0.29, 0.717) is 17.2 Å². The summed E-state index contributed by atoms with van der Waals surface area (Å²) in [6.07, 6.45) is 10.0. The van der Waals surface area contributed by atoms with Crippen LogP contribution in [0.5, 0.6) is 5.75 Å². The van der Waals surface area contributed by atoms with Gasteiger partial charge in [-0.05, 0) is 80.5 Å². The molecule has 2 heterocycles. The fourth-order valence-corrected chi connectivity index (χ4v) is 4.89. The Labute approximate surface area is 209 Å². The molecule has 0 amide bonds. The van der Waals surface area contributed by atoms with Gasteiger partial charge >= 0.3 is 5.97 Å². The number of methoxy groups -OCH3 is 1. The van der Waals surface area contributed by atoms with Gasteiger partial charge in [-0.2, -0.15) is 0 Å². The summed E-state index contributed by atoms with van der Waals surface area (Å²) in [5, 5.41) is 0.938. The van der Waals surface area contributed by atoms with Crippen LogP contribution in [0.4, 0.5) is 8.78 Å². The van der Waals surface area contributed by atoms with Gasteiger partial charge in [-0.15, -0.1) is 12.4 Å². The fourth-order valence-electron chi connectivity index (χ4n) is 4.89. The second-order valence-electron chi connectivity index (χ2n) is 8.99. The van der Waals surface area contributed by atoms with Gasteiger partial charge in [0.05, 0.1) is 18.4 Å². The van der Waals surface area contributed by atoms with Crippen molar-refractivity contribution in [1.82, 2.24) is 9.88 Å². The summed E-state index contributed by atoms with van der Waals surface area (Å²) >= 11 is 0. The van der Waals surface area contributed by atoms with Crippen LogP contribution >= 0.6 is 12.4 Å². The van der Waals surface area contributed by atoms with Crippen LogP contribution in [0.2, 0.25) is 0 Å². The number of hydrogen-bond donors (Lipinski definition) is 1. The van der Waals surface area contributed by atoms with Crippen molar-refractivity contribution in [2.45, 2.75) is 44.6 Å². The van der Waals surface area contributed by atoms with E-state index in [1.165, 1.54) is 31.7 Å². The molecule has 1 aromatic heterocycles. The zero-order valence-corrected chi connectivity index (χ0v) is 20.4. The largest absolute Gasteiger partial charge is 0.484 e. The van der Waals surface area contributed by atoms with Crippen molar-refractivity contribution >= 4 is 35.4 Å². The number of unbranched alkanes of at least 4 members (excludes halogenated alkanes) is 1. The molecule has 8 heteroatoms. The minimum Gasteiger partial charge on any atom is -0.484 e. The number of carbonyl (C=O) groups is 1. The topological polar surface area (TPSA) is 54.6 Å². The number of rotatable bonds is 8. The van der Waals surface area contributed by atoms with Crippen LogP contribution in [0.3, 0.4) is 0 Å². The van der Waals surface area contributed by atoms with E-state index < -0.39 is 11.8 Å². The molecule has 3 aromatic rings. The summed E-state index contributed by atoms with van der Waals surface area (Å²) in [5.41, 5.74) is 3.78. The highest BCUT2D eigenvalue weighted by Crippen LogP contribution is 2.36. The normalized spacial score (nSPS) is 14.9. The van der Waals surface area contributed by atoms with Gasteiger partial charge in [0.25, 0.3) is 0 Å². The lowest BCUT2D eigenvalue weighted by atomic mass is 9.90. The molecule has 1 N–H and O–H groups in total. The summed E-state index contributed by atoms with van der Waals surface area (Å²) in [6, 6.07) is 7.93. The summed E-state index contributed by atoms with van der Waals surface area (Å²) in [5.74, 6) is -1.12. The van der Waals surface area contributed by atoms with Crippen LogP contribution in [-0.2, 0) is 11.2 Å². The van der Waals surface area contributed by atoms with Crippen molar-refractivity contribution < 1.29 is 23.0 Å². The van der Waals surface area contributed by atoms with Gasteiger partial charge in [-0.1, -0.05) is 0 Å². The van der Waals surface area contributed by atoms with Gasteiger partial charge in [0.15, 0.2) is 11.6 Å². The predicted molar refractivity (Wildman–Crippen MR) is 134 cm³/mol. The number of esters is 1. The highest BCUT2D eigenvalue weighted by molar-refractivity contribution is 5.95. The lowest BCUT2D eigenvalue weighted by Crippen LogP contribution is -2.42. The fraction of sp³-hybridized carbons (Fsp3) is 0.370. The Morgan fingerprint density at radius 3 is 2.77 bits per heavy atom. The van der Waals surface area contributed by atoms with Crippen LogP contribution in [0.25, 0.3) is 17.0 Å². The molecule has 0 saturated heterocycles. The van der Waals surface area contributed by atoms with Crippen LogP contribution < -0.4 is 4.74 Å². The lowest BCUT2D eigenvalue weighted by molar-refractivity contribution is 0.0599. The van der Waals surface area contributed by atoms with Crippen molar-refractivity contribution in [3.8, 4) is 5.75 Å². The Balaban J connectivity index is 0.00000289. The van der Waals surface area contributed by atoms with Crippen LogP contribution in [0, 0.1) is 11.6 Å². The van der Waals surface area contributed by atoms with Gasteiger partial charge in [0.1, 0.15) is 12.4 Å². The van der Waals surface area contributed by atoms with Crippen molar-refractivity contribution in [3.05, 3.63) is 70.6 Å². The number of hydrogen-bond acceptors (Lipinski definition) is 4. The zero-order chi connectivity index (χ0) is 23.7. The van der Waals surface area contributed by atoms with Gasteiger partial charge in [-0.25, -0.2) is 13.6 Å². The van der Waals surface area contributed by atoms with E-state index in [1.807, 2.05) is 12.3 Å². The third-order valence-corrected chi connectivity index (χ3v) is 6.94. The molecule has 0 unspecified atom stereocenters. The molecule has 5 nitrogen and oxygen atoms in total. The number of ether oxygens (including phenoxy) is 2. The number of nitrogens with one attached hydrogen (secondary N) is 1. The highest BCUT2D eigenvalue weighted by Gasteiger charge is 2.30. The quantitative estimate of drug-likeness (QED) is 0.291. The minimum absolute atomic E-state index is 0. The molecule has 2 aliphatic rings. The molecule has 0 atom stereocenters. The third kappa shape index (κ3) is 5.01. The summed E-state index contributed by atoms with van der Waals surface area (Å²) in [4.78, 5) is 17.8. The lowest BCUT2D eigenvalue weighted by Gasteiger charge is -2.41. The number of carbonyl (C=O) groups excluding carboxylic acids is 1. The molecular formula is C27H29ClF2N2O3. The number of halogens is 3. The summed E-state index contributed by atoms with van der Waals surface area (Å²) < 4.78 is 38.7. The maximum Gasteiger partial charge on any atom is 0.338 e. The second kappa shape index (κ2) is 10.7. The van der Waals surface area contributed by atoms with Crippen LogP contribution in [0.15, 0.2) is 42.2 Å². The Hall–Kier alpha value is -3.06. The van der Waals surface area contributed by atoms with E-state index in [4.69, 9.17) is 9.47 Å².